The topological polar surface area (TPSA) is 92.5 Å². The number of carbonyl (C=O) groups excluding carboxylic acids is 2. The van der Waals surface area contributed by atoms with Crippen LogP contribution in [-0.2, 0) is 4.74 Å². The van der Waals surface area contributed by atoms with Crippen molar-refractivity contribution < 1.29 is 19.1 Å². The van der Waals surface area contributed by atoms with Crippen LogP contribution in [0.5, 0.6) is 5.75 Å². The predicted octanol–water partition coefficient (Wildman–Crippen LogP) is 3.20. The van der Waals surface area contributed by atoms with Crippen molar-refractivity contribution in [3.8, 4) is 5.75 Å². The minimum absolute atomic E-state index is 0.105. The number of rotatable bonds is 7. The van der Waals surface area contributed by atoms with E-state index in [1.165, 1.54) is 0 Å². The third-order valence-corrected chi connectivity index (χ3v) is 5.40. The van der Waals surface area contributed by atoms with E-state index in [-0.39, 0.29) is 35.8 Å². The van der Waals surface area contributed by atoms with E-state index >= 15 is 0 Å². The lowest BCUT2D eigenvalue weighted by atomic mass is 9.93. The fraction of sp³-hybridized carbons (Fsp3) is 0.455. The zero-order valence-electron chi connectivity index (χ0n) is 17.2. The molecule has 1 atom stereocenters. The zero-order chi connectivity index (χ0) is 20.8. The first-order valence-electron chi connectivity index (χ1n) is 10.0. The summed E-state index contributed by atoms with van der Waals surface area (Å²) in [5, 5.41) is 5.63. The molecule has 1 aliphatic carbocycles. The average molecular weight is 399 g/mol. The number of H-pyrrole nitrogens is 1. The lowest BCUT2D eigenvalue weighted by Crippen LogP contribution is -2.39. The van der Waals surface area contributed by atoms with Gasteiger partial charge in [-0.05, 0) is 38.2 Å². The molecule has 0 unspecified atom stereocenters. The van der Waals surface area contributed by atoms with Crippen LogP contribution in [-0.4, -0.2) is 43.1 Å². The molecule has 3 rings (SSSR count). The van der Waals surface area contributed by atoms with Gasteiger partial charge in [0, 0.05) is 26.3 Å². The molecule has 0 saturated heterocycles. The zero-order valence-corrected chi connectivity index (χ0v) is 17.2. The van der Waals surface area contributed by atoms with Gasteiger partial charge in [0.15, 0.2) is 5.75 Å². The van der Waals surface area contributed by atoms with Gasteiger partial charge in [0.2, 0.25) is 0 Å². The highest BCUT2D eigenvalue weighted by Crippen LogP contribution is 2.27. The summed E-state index contributed by atoms with van der Waals surface area (Å²) >= 11 is 0. The smallest absolute Gasteiger partial charge is 0.271 e. The van der Waals surface area contributed by atoms with Crippen LogP contribution >= 0.6 is 0 Å². The Morgan fingerprint density at radius 2 is 1.79 bits per heavy atom. The van der Waals surface area contributed by atoms with E-state index in [1.807, 2.05) is 37.3 Å². The van der Waals surface area contributed by atoms with Crippen LogP contribution < -0.4 is 15.4 Å². The SMILES string of the molecule is CNC(=O)c1[nH]c(C(=O)NC2CCC(OC)CC2)cc1O[C@@H](C)c1ccccc1. The van der Waals surface area contributed by atoms with Gasteiger partial charge in [0.1, 0.15) is 17.5 Å². The third-order valence-electron chi connectivity index (χ3n) is 5.40. The second kappa shape index (κ2) is 9.60. The van der Waals surface area contributed by atoms with Crippen LogP contribution in [0.3, 0.4) is 0 Å². The van der Waals surface area contributed by atoms with E-state index in [2.05, 4.69) is 15.6 Å². The predicted molar refractivity (Wildman–Crippen MR) is 110 cm³/mol. The summed E-state index contributed by atoms with van der Waals surface area (Å²) in [4.78, 5) is 27.9. The molecular formula is C22H29N3O4. The second-order valence-corrected chi connectivity index (χ2v) is 7.35. The number of carbonyl (C=O) groups is 2. The Bertz CT molecular complexity index is 826. The van der Waals surface area contributed by atoms with Crippen molar-refractivity contribution in [1.29, 1.82) is 0 Å². The Kier molecular flexibility index (Phi) is 6.93. The van der Waals surface area contributed by atoms with Gasteiger partial charge in [-0.1, -0.05) is 30.3 Å². The van der Waals surface area contributed by atoms with E-state index in [1.54, 1.807) is 20.2 Å². The molecule has 1 aromatic heterocycles. The summed E-state index contributed by atoms with van der Waals surface area (Å²) in [6, 6.07) is 11.4. The van der Waals surface area contributed by atoms with Crippen LogP contribution in [0.15, 0.2) is 36.4 Å². The minimum Gasteiger partial charge on any atom is -0.484 e. The monoisotopic (exact) mass is 399 g/mol. The molecule has 1 saturated carbocycles. The Morgan fingerprint density at radius 3 is 2.41 bits per heavy atom. The Morgan fingerprint density at radius 1 is 1.10 bits per heavy atom. The molecule has 0 bridgehead atoms. The third kappa shape index (κ3) is 5.17. The van der Waals surface area contributed by atoms with Crippen LogP contribution in [0.25, 0.3) is 0 Å². The lowest BCUT2D eigenvalue weighted by Gasteiger charge is -2.28. The van der Waals surface area contributed by atoms with Gasteiger partial charge in [-0.2, -0.15) is 0 Å². The van der Waals surface area contributed by atoms with Crippen LogP contribution in [0.2, 0.25) is 0 Å². The molecule has 1 heterocycles. The number of nitrogens with one attached hydrogen (secondary N) is 3. The van der Waals surface area contributed by atoms with Crippen LogP contribution in [0, 0.1) is 0 Å². The summed E-state index contributed by atoms with van der Waals surface area (Å²) < 4.78 is 11.4. The van der Waals surface area contributed by atoms with E-state index in [0.29, 0.717) is 11.4 Å². The van der Waals surface area contributed by atoms with Gasteiger partial charge in [-0.25, -0.2) is 0 Å². The molecule has 3 N–H and O–H groups in total. The number of amides is 2. The molecule has 0 spiro atoms. The van der Waals surface area contributed by atoms with Crippen molar-refractivity contribution in [2.75, 3.05) is 14.2 Å². The lowest BCUT2D eigenvalue weighted by molar-refractivity contribution is 0.0598. The molecular weight excluding hydrogens is 370 g/mol. The molecule has 156 valence electrons. The number of hydrogen-bond donors (Lipinski definition) is 3. The van der Waals surface area contributed by atoms with Crippen molar-refractivity contribution in [2.45, 2.75) is 50.9 Å². The highest BCUT2D eigenvalue weighted by molar-refractivity contribution is 5.99. The Labute approximate surface area is 171 Å². The Balaban J connectivity index is 1.72. The van der Waals surface area contributed by atoms with Crippen molar-refractivity contribution in [1.82, 2.24) is 15.6 Å². The first-order valence-corrected chi connectivity index (χ1v) is 10.0. The maximum atomic E-state index is 12.7. The molecule has 2 aromatic rings. The second-order valence-electron chi connectivity index (χ2n) is 7.35. The molecule has 7 nitrogen and oxygen atoms in total. The van der Waals surface area contributed by atoms with Gasteiger partial charge >= 0.3 is 0 Å². The highest BCUT2D eigenvalue weighted by Gasteiger charge is 2.25. The number of benzene rings is 1. The summed E-state index contributed by atoms with van der Waals surface area (Å²) in [5.74, 6) is -0.216. The van der Waals surface area contributed by atoms with Gasteiger partial charge in [-0.3, -0.25) is 9.59 Å². The average Bonchev–Trinajstić information content (AvgIpc) is 3.18. The van der Waals surface area contributed by atoms with E-state index in [9.17, 15) is 9.59 Å². The van der Waals surface area contributed by atoms with Gasteiger partial charge in [-0.15, -0.1) is 0 Å². The number of hydrogen-bond acceptors (Lipinski definition) is 4. The summed E-state index contributed by atoms with van der Waals surface area (Å²) in [6.07, 6.45) is 3.61. The molecule has 7 heteroatoms. The van der Waals surface area contributed by atoms with E-state index in [4.69, 9.17) is 9.47 Å². The van der Waals surface area contributed by atoms with Crippen molar-refractivity contribution in [3.05, 3.63) is 53.3 Å². The molecule has 29 heavy (non-hydrogen) atoms. The van der Waals surface area contributed by atoms with Gasteiger partial charge in [0.25, 0.3) is 11.8 Å². The normalized spacial score (nSPS) is 20.0. The van der Waals surface area contributed by atoms with E-state index in [0.717, 1.165) is 31.2 Å². The van der Waals surface area contributed by atoms with Crippen LogP contribution in [0.1, 0.15) is 65.3 Å². The summed E-state index contributed by atoms with van der Waals surface area (Å²) in [6.45, 7) is 1.91. The van der Waals surface area contributed by atoms with Crippen LogP contribution in [0.4, 0.5) is 0 Å². The van der Waals surface area contributed by atoms with Crippen molar-refractivity contribution in [2.24, 2.45) is 0 Å². The first kappa shape index (κ1) is 20.9. The summed E-state index contributed by atoms with van der Waals surface area (Å²) in [5.41, 5.74) is 1.54. The van der Waals surface area contributed by atoms with E-state index < -0.39 is 0 Å². The number of aromatic amines is 1. The molecule has 1 aliphatic rings. The maximum absolute atomic E-state index is 12.7. The Hall–Kier alpha value is -2.80. The van der Waals surface area contributed by atoms with Gasteiger partial charge in [0.05, 0.1) is 6.10 Å². The highest BCUT2D eigenvalue weighted by atomic mass is 16.5. The number of methoxy groups -OCH3 is 1. The number of aromatic nitrogens is 1. The van der Waals surface area contributed by atoms with Crippen molar-refractivity contribution in [3.63, 3.8) is 0 Å². The standard InChI is InChI=1S/C22H29N3O4/c1-14(15-7-5-4-6-8-15)29-19-13-18(25-20(19)22(27)23-2)21(26)24-16-9-11-17(28-3)12-10-16/h4-8,13-14,16-17,25H,9-12H2,1-3H3,(H,23,27)(H,24,26)/t14-,16?,17?/m0/s1. The van der Waals surface area contributed by atoms with Gasteiger partial charge < -0.3 is 25.1 Å². The largest absolute Gasteiger partial charge is 0.484 e. The minimum atomic E-state index is -0.333. The summed E-state index contributed by atoms with van der Waals surface area (Å²) in [7, 11) is 3.27. The molecule has 1 fully saturated rings. The maximum Gasteiger partial charge on any atom is 0.271 e. The fourth-order valence-corrected chi connectivity index (χ4v) is 3.63. The first-order chi connectivity index (χ1) is 14.0. The quantitative estimate of drug-likeness (QED) is 0.667. The molecule has 0 aliphatic heterocycles. The molecule has 0 radical (unpaired) electrons. The molecule has 2 amide bonds. The number of ether oxygens (including phenoxy) is 2. The fourth-order valence-electron chi connectivity index (χ4n) is 3.63. The molecule has 1 aromatic carbocycles. The van der Waals surface area contributed by atoms with Crippen molar-refractivity contribution >= 4 is 11.8 Å².